The minimum atomic E-state index is 0.373. The Bertz CT molecular complexity index is 1050. The highest BCUT2D eigenvalue weighted by molar-refractivity contribution is 5.35. The molecule has 0 aromatic heterocycles. The van der Waals surface area contributed by atoms with E-state index in [0.29, 0.717) is 23.7 Å². The van der Waals surface area contributed by atoms with Crippen LogP contribution in [0.25, 0.3) is 0 Å². The van der Waals surface area contributed by atoms with Crippen molar-refractivity contribution in [2.75, 3.05) is 13.2 Å². The molecular weight excluding hydrogens is 424 g/mol. The fourth-order valence-electron chi connectivity index (χ4n) is 4.71. The van der Waals surface area contributed by atoms with Crippen molar-refractivity contribution in [2.45, 2.75) is 51.4 Å². The lowest BCUT2D eigenvalue weighted by molar-refractivity contribution is 0.113. The maximum atomic E-state index is 6.16. The molecule has 4 unspecified atom stereocenters. The summed E-state index contributed by atoms with van der Waals surface area (Å²) in [6.07, 6.45) is 0. The van der Waals surface area contributed by atoms with Crippen molar-refractivity contribution in [1.29, 1.82) is 0 Å². The molecule has 0 bridgehead atoms. The van der Waals surface area contributed by atoms with Gasteiger partial charge in [-0.05, 0) is 33.4 Å². The maximum Gasteiger partial charge on any atom is 0.0532 e. The van der Waals surface area contributed by atoms with Crippen molar-refractivity contribution in [3.63, 3.8) is 0 Å². The lowest BCUT2D eigenvalue weighted by Crippen LogP contribution is -2.10. The molecule has 0 saturated carbocycles. The molecule has 0 N–H and O–H groups in total. The monoisotopic (exact) mass is 462 g/mol. The van der Waals surface area contributed by atoms with Gasteiger partial charge in [0.05, 0.1) is 13.2 Å². The molecule has 1 heteroatoms. The first-order valence-corrected chi connectivity index (χ1v) is 12.9. The molecular formula is C34H38O. The highest BCUT2D eigenvalue weighted by Crippen LogP contribution is 2.27. The van der Waals surface area contributed by atoms with Gasteiger partial charge in [0.15, 0.2) is 0 Å². The molecule has 180 valence electrons. The summed E-state index contributed by atoms with van der Waals surface area (Å²) in [6, 6.07) is 39.5. The lowest BCUT2D eigenvalue weighted by atomic mass is 9.91. The molecule has 0 aliphatic carbocycles. The van der Waals surface area contributed by atoms with Gasteiger partial charge < -0.3 is 4.74 Å². The second-order valence-corrected chi connectivity index (χ2v) is 9.94. The molecule has 4 aromatic rings. The van der Waals surface area contributed by atoms with Crippen LogP contribution in [0, 0.1) is 0 Å². The first-order valence-electron chi connectivity index (χ1n) is 12.9. The summed E-state index contributed by atoms with van der Waals surface area (Å²) in [7, 11) is 0. The predicted octanol–water partition coefficient (Wildman–Crippen LogP) is 8.91. The molecule has 0 spiro atoms. The summed E-state index contributed by atoms with van der Waals surface area (Å²) in [5, 5.41) is 0. The van der Waals surface area contributed by atoms with E-state index in [4.69, 9.17) is 4.74 Å². The van der Waals surface area contributed by atoms with Gasteiger partial charge in [-0.2, -0.15) is 0 Å². The number of benzene rings is 4. The van der Waals surface area contributed by atoms with Crippen molar-refractivity contribution in [2.24, 2.45) is 0 Å². The van der Waals surface area contributed by atoms with Crippen molar-refractivity contribution >= 4 is 0 Å². The lowest BCUT2D eigenvalue weighted by Gasteiger charge is -2.18. The van der Waals surface area contributed by atoms with Gasteiger partial charge in [-0.3, -0.25) is 0 Å². The Hall–Kier alpha value is -3.16. The highest BCUT2D eigenvalue weighted by atomic mass is 16.5. The minimum Gasteiger partial charge on any atom is -0.380 e. The van der Waals surface area contributed by atoms with Crippen LogP contribution < -0.4 is 0 Å². The summed E-state index contributed by atoms with van der Waals surface area (Å²) >= 11 is 0. The predicted molar refractivity (Wildman–Crippen MR) is 148 cm³/mol. The number of hydrogen-bond acceptors (Lipinski definition) is 1. The van der Waals surface area contributed by atoms with Gasteiger partial charge in [0.25, 0.3) is 0 Å². The Kier molecular flexibility index (Phi) is 8.55. The van der Waals surface area contributed by atoms with E-state index in [2.05, 4.69) is 137 Å². The van der Waals surface area contributed by atoms with E-state index in [1.165, 1.54) is 33.4 Å². The van der Waals surface area contributed by atoms with Crippen LogP contribution in [-0.2, 0) is 4.74 Å². The van der Waals surface area contributed by atoms with Crippen molar-refractivity contribution in [3.8, 4) is 0 Å². The molecule has 35 heavy (non-hydrogen) atoms. The van der Waals surface area contributed by atoms with Crippen LogP contribution in [0.4, 0.5) is 0 Å². The van der Waals surface area contributed by atoms with Crippen LogP contribution in [0.5, 0.6) is 0 Å². The molecule has 4 atom stereocenters. The normalized spacial score (nSPS) is 14.7. The topological polar surface area (TPSA) is 9.23 Å². The zero-order chi connectivity index (χ0) is 24.6. The summed E-state index contributed by atoms with van der Waals surface area (Å²) in [5.41, 5.74) is 8.08. The first-order chi connectivity index (χ1) is 17.0. The summed E-state index contributed by atoms with van der Waals surface area (Å²) in [4.78, 5) is 0. The van der Waals surface area contributed by atoms with Crippen LogP contribution in [0.15, 0.2) is 109 Å². The average Bonchev–Trinajstić information content (AvgIpc) is 2.93. The zero-order valence-corrected chi connectivity index (χ0v) is 21.5. The van der Waals surface area contributed by atoms with Gasteiger partial charge in [-0.15, -0.1) is 0 Å². The Balaban J connectivity index is 1.27. The molecule has 0 radical (unpaired) electrons. The third kappa shape index (κ3) is 6.50. The Labute approximate surface area is 211 Å². The third-order valence-electron chi connectivity index (χ3n) is 7.35. The van der Waals surface area contributed by atoms with Gasteiger partial charge in [0, 0.05) is 23.7 Å². The van der Waals surface area contributed by atoms with Crippen molar-refractivity contribution in [3.05, 3.63) is 143 Å². The van der Waals surface area contributed by atoms with Crippen molar-refractivity contribution in [1.82, 2.24) is 0 Å². The third-order valence-corrected chi connectivity index (χ3v) is 7.35. The van der Waals surface area contributed by atoms with Crippen LogP contribution >= 0.6 is 0 Å². The molecule has 4 aromatic carbocycles. The van der Waals surface area contributed by atoms with E-state index in [0.717, 1.165) is 13.2 Å². The number of rotatable bonds is 10. The average molecular weight is 463 g/mol. The van der Waals surface area contributed by atoms with Gasteiger partial charge in [0.1, 0.15) is 0 Å². The first kappa shape index (κ1) is 24.9. The van der Waals surface area contributed by atoms with E-state index in [9.17, 15) is 0 Å². The molecule has 0 fully saturated rings. The van der Waals surface area contributed by atoms with Gasteiger partial charge >= 0.3 is 0 Å². The van der Waals surface area contributed by atoms with Gasteiger partial charge in [0.2, 0.25) is 0 Å². The van der Waals surface area contributed by atoms with Crippen LogP contribution in [-0.4, -0.2) is 13.2 Å². The minimum absolute atomic E-state index is 0.373. The molecule has 1 nitrogen and oxygen atoms in total. The maximum absolute atomic E-state index is 6.16. The Morgan fingerprint density at radius 2 is 0.686 bits per heavy atom. The van der Waals surface area contributed by atoms with E-state index in [-0.39, 0.29) is 0 Å². The summed E-state index contributed by atoms with van der Waals surface area (Å²) in [5.74, 6) is 1.55. The highest BCUT2D eigenvalue weighted by Gasteiger charge is 2.13. The Morgan fingerprint density at radius 3 is 1.03 bits per heavy atom. The molecule has 0 aliphatic rings. The fourth-order valence-corrected chi connectivity index (χ4v) is 4.71. The Morgan fingerprint density at radius 1 is 0.400 bits per heavy atom. The van der Waals surface area contributed by atoms with E-state index in [1.807, 2.05) is 0 Å². The fraction of sp³-hybridized carbons (Fsp3) is 0.294. The SMILES string of the molecule is CC(COCC(C)c1ccc(C(C)c2ccccc2)cc1)c1ccc(C(C)c2ccccc2)cc1. The van der Waals surface area contributed by atoms with Crippen molar-refractivity contribution < 1.29 is 4.74 Å². The van der Waals surface area contributed by atoms with E-state index in [1.54, 1.807) is 0 Å². The number of hydrogen-bond donors (Lipinski definition) is 0. The molecule has 0 amide bonds. The second kappa shape index (κ2) is 12.0. The van der Waals surface area contributed by atoms with Gasteiger partial charge in [-0.1, -0.05) is 137 Å². The van der Waals surface area contributed by atoms with Crippen LogP contribution in [0.3, 0.4) is 0 Å². The molecule has 0 aliphatic heterocycles. The summed E-state index contributed by atoms with van der Waals surface area (Å²) < 4.78 is 6.16. The largest absolute Gasteiger partial charge is 0.380 e. The van der Waals surface area contributed by atoms with E-state index < -0.39 is 0 Å². The molecule has 0 saturated heterocycles. The number of ether oxygens (including phenoxy) is 1. The van der Waals surface area contributed by atoms with E-state index >= 15 is 0 Å². The standard InChI is InChI=1S/C34H38O/c1-25(29-15-19-33(20-16-29)27(3)31-11-7-5-8-12-31)23-35-24-26(2)30-17-21-34(22-18-30)28(4)32-13-9-6-10-14-32/h5-22,25-28H,23-24H2,1-4H3. The van der Waals surface area contributed by atoms with Crippen LogP contribution in [0.2, 0.25) is 0 Å². The molecule has 0 heterocycles. The smallest absolute Gasteiger partial charge is 0.0532 e. The van der Waals surface area contributed by atoms with Gasteiger partial charge in [-0.25, -0.2) is 0 Å². The second-order valence-electron chi connectivity index (χ2n) is 9.94. The van der Waals surface area contributed by atoms with Crippen LogP contribution in [0.1, 0.15) is 84.7 Å². The molecule has 4 rings (SSSR count). The zero-order valence-electron chi connectivity index (χ0n) is 21.5. The summed E-state index contributed by atoms with van der Waals surface area (Å²) in [6.45, 7) is 10.5. The quantitative estimate of drug-likeness (QED) is 0.229.